The molecule has 0 aromatic heterocycles. The van der Waals surface area contributed by atoms with Crippen LogP contribution in [0.4, 0.5) is 0 Å². The fourth-order valence-corrected chi connectivity index (χ4v) is 4.02. The van der Waals surface area contributed by atoms with E-state index in [1.165, 1.54) is 57.8 Å². The third kappa shape index (κ3) is 10.7. The SMILES string of the molecule is CCCCCCCCCCCC[S@](=O)C[C@H](O)c1ccccc1. The van der Waals surface area contributed by atoms with Crippen LogP contribution in [0.3, 0.4) is 0 Å². The van der Waals surface area contributed by atoms with Gasteiger partial charge in [-0.15, -0.1) is 0 Å². The third-order valence-corrected chi connectivity index (χ3v) is 5.69. The Labute approximate surface area is 145 Å². The summed E-state index contributed by atoms with van der Waals surface area (Å²) in [5, 5.41) is 10.1. The summed E-state index contributed by atoms with van der Waals surface area (Å²) >= 11 is 0. The number of hydrogen-bond acceptors (Lipinski definition) is 2. The maximum Gasteiger partial charge on any atom is 0.0905 e. The van der Waals surface area contributed by atoms with Crippen LogP contribution >= 0.6 is 0 Å². The fourth-order valence-electron chi connectivity index (χ4n) is 2.78. The van der Waals surface area contributed by atoms with Gasteiger partial charge in [0.05, 0.1) is 11.9 Å². The zero-order valence-electron chi connectivity index (χ0n) is 14.7. The molecule has 0 saturated heterocycles. The van der Waals surface area contributed by atoms with E-state index in [4.69, 9.17) is 0 Å². The molecule has 0 saturated carbocycles. The Kier molecular flexibility index (Phi) is 12.2. The summed E-state index contributed by atoms with van der Waals surface area (Å²) in [6.07, 6.45) is 12.3. The molecule has 0 bridgehead atoms. The predicted octanol–water partition coefficient (Wildman–Crippen LogP) is 5.39. The van der Waals surface area contributed by atoms with Gasteiger partial charge in [-0.25, -0.2) is 0 Å². The van der Waals surface area contributed by atoms with Crippen molar-refractivity contribution in [2.45, 2.75) is 77.2 Å². The van der Waals surface area contributed by atoms with E-state index in [0.717, 1.165) is 17.7 Å². The van der Waals surface area contributed by atoms with Gasteiger partial charge in [0.25, 0.3) is 0 Å². The summed E-state index contributed by atoms with van der Waals surface area (Å²) in [6.45, 7) is 2.25. The maximum atomic E-state index is 12.0. The minimum Gasteiger partial charge on any atom is -0.387 e. The molecule has 1 N–H and O–H groups in total. The predicted molar refractivity (Wildman–Crippen MR) is 101 cm³/mol. The first-order valence-electron chi connectivity index (χ1n) is 9.32. The molecule has 2 atom stereocenters. The Morgan fingerprint density at radius 1 is 0.870 bits per heavy atom. The lowest BCUT2D eigenvalue weighted by molar-refractivity contribution is 0.203. The van der Waals surface area contributed by atoms with Crippen LogP contribution in [-0.4, -0.2) is 20.8 Å². The largest absolute Gasteiger partial charge is 0.387 e. The van der Waals surface area contributed by atoms with E-state index in [-0.39, 0.29) is 0 Å². The van der Waals surface area contributed by atoms with Gasteiger partial charge in [-0.3, -0.25) is 4.21 Å². The van der Waals surface area contributed by atoms with Crippen LogP contribution in [0.2, 0.25) is 0 Å². The van der Waals surface area contributed by atoms with Gasteiger partial charge in [0, 0.05) is 16.6 Å². The lowest BCUT2D eigenvalue weighted by atomic mass is 10.1. The van der Waals surface area contributed by atoms with Gasteiger partial charge in [-0.2, -0.15) is 0 Å². The molecule has 23 heavy (non-hydrogen) atoms. The maximum absolute atomic E-state index is 12.0. The molecule has 1 aromatic carbocycles. The van der Waals surface area contributed by atoms with Crippen LogP contribution in [0.5, 0.6) is 0 Å². The van der Waals surface area contributed by atoms with Gasteiger partial charge < -0.3 is 5.11 Å². The normalized spacial score (nSPS) is 13.8. The van der Waals surface area contributed by atoms with E-state index >= 15 is 0 Å². The number of aliphatic hydroxyl groups is 1. The van der Waals surface area contributed by atoms with Crippen molar-refractivity contribution in [3.05, 3.63) is 35.9 Å². The minimum atomic E-state index is -0.913. The first kappa shape index (κ1) is 20.4. The summed E-state index contributed by atoms with van der Waals surface area (Å²) < 4.78 is 12.0. The van der Waals surface area contributed by atoms with Crippen molar-refractivity contribution in [1.82, 2.24) is 0 Å². The summed E-state index contributed by atoms with van der Waals surface area (Å²) in [5.74, 6) is 1.09. The lowest BCUT2D eigenvalue weighted by Gasteiger charge is -2.10. The average Bonchev–Trinajstić information content (AvgIpc) is 2.57. The van der Waals surface area contributed by atoms with Crippen molar-refractivity contribution >= 4 is 10.8 Å². The van der Waals surface area contributed by atoms with Crippen molar-refractivity contribution in [3.8, 4) is 0 Å². The molecule has 0 radical (unpaired) electrons. The van der Waals surface area contributed by atoms with Crippen molar-refractivity contribution in [3.63, 3.8) is 0 Å². The smallest absolute Gasteiger partial charge is 0.0905 e. The zero-order chi connectivity index (χ0) is 16.8. The van der Waals surface area contributed by atoms with Crippen LogP contribution < -0.4 is 0 Å². The first-order valence-corrected chi connectivity index (χ1v) is 10.8. The van der Waals surface area contributed by atoms with Gasteiger partial charge in [-0.05, 0) is 12.0 Å². The molecule has 1 rings (SSSR count). The zero-order valence-corrected chi connectivity index (χ0v) is 15.5. The molecular formula is C20H34O2S. The Bertz CT molecular complexity index is 405. The number of rotatable bonds is 14. The first-order chi connectivity index (χ1) is 11.2. The van der Waals surface area contributed by atoms with Crippen LogP contribution in [0.1, 0.15) is 82.8 Å². The summed E-state index contributed by atoms with van der Waals surface area (Å²) in [7, 11) is -0.913. The van der Waals surface area contributed by atoms with Crippen LogP contribution in [0.25, 0.3) is 0 Å². The Balaban J connectivity index is 1.96. The number of benzene rings is 1. The van der Waals surface area contributed by atoms with Gasteiger partial charge in [0.15, 0.2) is 0 Å². The molecule has 0 aliphatic rings. The highest BCUT2D eigenvalue weighted by Gasteiger charge is 2.11. The molecule has 0 fully saturated rings. The van der Waals surface area contributed by atoms with E-state index in [0.29, 0.717) is 5.75 Å². The Morgan fingerprint density at radius 3 is 1.96 bits per heavy atom. The van der Waals surface area contributed by atoms with Gasteiger partial charge in [0.1, 0.15) is 0 Å². The molecule has 0 spiro atoms. The quantitative estimate of drug-likeness (QED) is 0.462. The van der Waals surface area contributed by atoms with Crippen LogP contribution in [0.15, 0.2) is 30.3 Å². The highest BCUT2D eigenvalue weighted by atomic mass is 32.2. The standard InChI is InChI=1S/C20H34O2S/c1-2-3-4-5-6-7-8-9-10-14-17-23(22)18-20(21)19-15-12-11-13-16-19/h11-13,15-16,20-21H,2-10,14,17-18H2,1H3/t20-,23-/m0/s1. The number of aliphatic hydroxyl groups excluding tert-OH is 1. The van der Waals surface area contributed by atoms with Crippen molar-refractivity contribution < 1.29 is 9.32 Å². The highest BCUT2D eigenvalue weighted by molar-refractivity contribution is 7.85. The molecule has 0 heterocycles. The molecule has 0 aliphatic heterocycles. The topological polar surface area (TPSA) is 37.3 Å². The molecule has 3 heteroatoms. The van der Waals surface area contributed by atoms with E-state index in [1.54, 1.807) is 0 Å². The van der Waals surface area contributed by atoms with Crippen LogP contribution in [-0.2, 0) is 10.8 Å². The molecule has 0 amide bonds. The van der Waals surface area contributed by atoms with Gasteiger partial charge in [-0.1, -0.05) is 95.0 Å². The summed E-state index contributed by atoms with van der Waals surface area (Å²) in [4.78, 5) is 0. The fraction of sp³-hybridized carbons (Fsp3) is 0.700. The highest BCUT2D eigenvalue weighted by Crippen LogP contribution is 2.14. The molecule has 0 aliphatic carbocycles. The molecule has 1 aromatic rings. The Morgan fingerprint density at radius 2 is 1.39 bits per heavy atom. The van der Waals surface area contributed by atoms with E-state index in [1.807, 2.05) is 30.3 Å². The summed E-state index contributed by atoms with van der Waals surface area (Å²) in [6, 6.07) is 9.52. The second-order valence-electron chi connectivity index (χ2n) is 6.42. The average molecular weight is 339 g/mol. The molecule has 0 unspecified atom stereocenters. The van der Waals surface area contributed by atoms with Gasteiger partial charge >= 0.3 is 0 Å². The second kappa shape index (κ2) is 13.7. The lowest BCUT2D eigenvalue weighted by Crippen LogP contribution is -2.11. The van der Waals surface area contributed by atoms with Gasteiger partial charge in [0.2, 0.25) is 0 Å². The Hall–Kier alpha value is -0.670. The third-order valence-electron chi connectivity index (χ3n) is 4.25. The minimum absolute atomic E-state index is 0.363. The summed E-state index contributed by atoms with van der Waals surface area (Å²) in [5.41, 5.74) is 0.865. The van der Waals surface area contributed by atoms with Crippen molar-refractivity contribution in [2.75, 3.05) is 11.5 Å². The van der Waals surface area contributed by atoms with Crippen molar-refractivity contribution in [1.29, 1.82) is 0 Å². The van der Waals surface area contributed by atoms with Crippen molar-refractivity contribution in [2.24, 2.45) is 0 Å². The second-order valence-corrected chi connectivity index (χ2v) is 8.04. The van der Waals surface area contributed by atoms with Crippen LogP contribution in [0, 0.1) is 0 Å². The van der Waals surface area contributed by atoms with E-state index in [2.05, 4.69) is 6.92 Å². The number of unbranched alkanes of at least 4 members (excludes halogenated alkanes) is 9. The number of hydrogen-bond donors (Lipinski definition) is 1. The van der Waals surface area contributed by atoms with E-state index in [9.17, 15) is 9.32 Å². The molecule has 2 nitrogen and oxygen atoms in total. The van der Waals surface area contributed by atoms with E-state index < -0.39 is 16.9 Å². The monoisotopic (exact) mass is 338 g/mol. The molecule has 132 valence electrons. The molecular weight excluding hydrogens is 304 g/mol.